The fourth-order valence-corrected chi connectivity index (χ4v) is 2.39. The van der Waals surface area contributed by atoms with Gasteiger partial charge in [-0.3, -0.25) is 4.57 Å². The zero-order chi connectivity index (χ0) is 11.6. The molecule has 0 spiro atoms. The fraction of sp³-hybridized carbons (Fsp3) is 0.300. The number of aromatic amines is 1. The Balaban J connectivity index is 2.31. The fourth-order valence-electron chi connectivity index (χ4n) is 1.47. The number of benzene rings is 1. The van der Waals surface area contributed by atoms with Crippen molar-refractivity contribution in [2.24, 2.45) is 0 Å². The summed E-state index contributed by atoms with van der Waals surface area (Å²) < 4.78 is 21.6. The Bertz CT molecular complexity index is 497. The minimum atomic E-state index is -3.05. The van der Waals surface area contributed by atoms with Crippen LogP contribution in [0.25, 0.3) is 11.0 Å². The summed E-state index contributed by atoms with van der Waals surface area (Å²) in [7, 11) is -0.316. The Morgan fingerprint density at radius 1 is 1.31 bits per heavy atom. The van der Waals surface area contributed by atoms with Gasteiger partial charge < -0.3 is 14.0 Å². The van der Waals surface area contributed by atoms with E-state index >= 15 is 0 Å². The SMILES string of the molecule is COP(=O)(Cc1nc2ccccc2[nH]1)OC. The molecular formula is C10H13N2O3P. The third-order valence-electron chi connectivity index (χ3n) is 2.34. The molecule has 0 aliphatic rings. The zero-order valence-corrected chi connectivity index (χ0v) is 10.0. The van der Waals surface area contributed by atoms with Crippen molar-refractivity contribution < 1.29 is 13.6 Å². The normalized spacial score (nSPS) is 12.1. The van der Waals surface area contributed by atoms with Crippen molar-refractivity contribution in [2.45, 2.75) is 6.16 Å². The number of para-hydroxylation sites is 2. The second-order valence-electron chi connectivity index (χ2n) is 3.33. The molecule has 1 aromatic heterocycles. The molecule has 0 unspecified atom stereocenters. The van der Waals surface area contributed by atoms with Crippen LogP contribution < -0.4 is 0 Å². The summed E-state index contributed by atoms with van der Waals surface area (Å²) in [5.41, 5.74) is 1.76. The van der Waals surface area contributed by atoms with Gasteiger partial charge in [-0.15, -0.1) is 0 Å². The summed E-state index contributed by atoms with van der Waals surface area (Å²) in [6.07, 6.45) is 0.147. The lowest BCUT2D eigenvalue weighted by Gasteiger charge is -2.11. The number of nitrogens with one attached hydrogen (secondary N) is 1. The van der Waals surface area contributed by atoms with Crippen LogP contribution in [0.2, 0.25) is 0 Å². The molecule has 0 saturated carbocycles. The molecule has 0 aliphatic carbocycles. The average Bonchev–Trinajstić information content (AvgIpc) is 2.70. The Hall–Kier alpha value is -1.16. The van der Waals surface area contributed by atoms with Crippen molar-refractivity contribution in [2.75, 3.05) is 14.2 Å². The maximum Gasteiger partial charge on any atom is 0.337 e. The summed E-state index contributed by atoms with van der Waals surface area (Å²) in [4.78, 5) is 7.38. The van der Waals surface area contributed by atoms with E-state index in [9.17, 15) is 4.57 Å². The maximum atomic E-state index is 11.9. The van der Waals surface area contributed by atoms with Gasteiger partial charge in [0.1, 0.15) is 12.0 Å². The van der Waals surface area contributed by atoms with E-state index in [0.29, 0.717) is 5.82 Å². The highest BCUT2D eigenvalue weighted by Gasteiger charge is 2.23. The van der Waals surface area contributed by atoms with E-state index < -0.39 is 7.60 Å². The van der Waals surface area contributed by atoms with Crippen LogP contribution in [-0.4, -0.2) is 24.2 Å². The van der Waals surface area contributed by atoms with E-state index in [4.69, 9.17) is 9.05 Å². The van der Waals surface area contributed by atoms with Crippen LogP contribution in [0.3, 0.4) is 0 Å². The third kappa shape index (κ3) is 2.16. The standard InChI is InChI=1S/C10H13N2O3P/c1-14-16(13,15-2)7-10-11-8-5-3-4-6-9(8)12-10/h3-6H,7H2,1-2H3,(H,11,12). The molecule has 2 rings (SSSR count). The molecule has 0 radical (unpaired) electrons. The number of aromatic nitrogens is 2. The van der Waals surface area contributed by atoms with Gasteiger partial charge in [0.05, 0.1) is 11.0 Å². The molecule has 5 nitrogen and oxygen atoms in total. The highest BCUT2D eigenvalue weighted by Crippen LogP contribution is 2.49. The predicted octanol–water partition coefficient (Wildman–Crippen LogP) is 2.55. The van der Waals surface area contributed by atoms with E-state index in [1.165, 1.54) is 14.2 Å². The number of rotatable bonds is 4. The number of nitrogens with zero attached hydrogens (tertiary/aromatic N) is 1. The minimum Gasteiger partial charge on any atom is -0.341 e. The molecule has 2 aromatic rings. The van der Waals surface area contributed by atoms with Gasteiger partial charge in [-0.2, -0.15) is 0 Å². The summed E-state index contributed by atoms with van der Waals surface area (Å²) in [5, 5.41) is 0. The van der Waals surface area contributed by atoms with Crippen LogP contribution in [0.5, 0.6) is 0 Å². The number of fused-ring (bicyclic) bond motifs is 1. The average molecular weight is 240 g/mol. The van der Waals surface area contributed by atoms with E-state index in [1.54, 1.807) is 0 Å². The van der Waals surface area contributed by atoms with Crippen molar-refractivity contribution in [3.05, 3.63) is 30.1 Å². The molecular weight excluding hydrogens is 227 g/mol. The van der Waals surface area contributed by atoms with Crippen molar-refractivity contribution in [3.8, 4) is 0 Å². The second-order valence-corrected chi connectivity index (χ2v) is 5.60. The van der Waals surface area contributed by atoms with Crippen LogP contribution in [0.1, 0.15) is 5.82 Å². The number of hydrogen-bond donors (Lipinski definition) is 1. The van der Waals surface area contributed by atoms with Crippen LogP contribution >= 0.6 is 7.60 Å². The first-order chi connectivity index (χ1) is 7.67. The van der Waals surface area contributed by atoms with E-state index in [-0.39, 0.29) is 6.16 Å². The summed E-state index contributed by atoms with van der Waals surface area (Å²) in [6, 6.07) is 7.62. The number of imidazole rings is 1. The smallest absolute Gasteiger partial charge is 0.337 e. The van der Waals surface area contributed by atoms with Crippen molar-refractivity contribution in [1.29, 1.82) is 0 Å². The first-order valence-electron chi connectivity index (χ1n) is 4.81. The molecule has 1 aromatic carbocycles. The van der Waals surface area contributed by atoms with Gasteiger partial charge in [0, 0.05) is 14.2 Å². The number of hydrogen-bond acceptors (Lipinski definition) is 4. The molecule has 1 heterocycles. The summed E-state index contributed by atoms with van der Waals surface area (Å²) >= 11 is 0. The van der Waals surface area contributed by atoms with E-state index in [0.717, 1.165) is 11.0 Å². The molecule has 0 bridgehead atoms. The van der Waals surface area contributed by atoms with Crippen molar-refractivity contribution in [1.82, 2.24) is 9.97 Å². The lowest BCUT2D eigenvalue weighted by Crippen LogP contribution is -1.95. The van der Waals surface area contributed by atoms with E-state index in [1.807, 2.05) is 24.3 Å². The first kappa shape index (κ1) is 11.3. The van der Waals surface area contributed by atoms with Crippen LogP contribution in [-0.2, 0) is 19.8 Å². The van der Waals surface area contributed by atoms with Crippen LogP contribution in [0, 0.1) is 0 Å². The molecule has 0 atom stereocenters. The van der Waals surface area contributed by atoms with E-state index in [2.05, 4.69) is 9.97 Å². The monoisotopic (exact) mass is 240 g/mol. The quantitative estimate of drug-likeness (QED) is 0.834. The van der Waals surface area contributed by atoms with Crippen LogP contribution in [0.4, 0.5) is 0 Å². The summed E-state index contributed by atoms with van der Waals surface area (Å²) in [6.45, 7) is 0. The Morgan fingerprint density at radius 2 is 2.00 bits per heavy atom. The molecule has 0 amide bonds. The lowest BCUT2D eigenvalue weighted by atomic mass is 10.3. The molecule has 6 heteroatoms. The minimum absolute atomic E-state index is 0.147. The Morgan fingerprint density at radius 3 is 2.62 bits per heavy atom. The topological polar surface area (TPSA) is 64.2 Å². The van der Waals surface area contributed by atoms with Gasteiger partial charge in [-0.25, -0.2) is 4.98 Å². The molecule has 16 heavy (non-hydrogen) atoms. The highest BCUT2D eigenvalue weighted by molar-refractivity contribution is 7.52. The Kier molecular flexibility index (Phi) is 3.10. The van der Waals surface area contributed by atoms with Gasteiger partial charge in [0.2, 0.25) is 0 Å². The molecule has 0 fully saturated rings. The van der Waals surface area contributed by atoms with Gasteiger partial charge in [-0.1, -0.05) is 12.1 Å². The molecule has 1 N–H and O–H groups in total. The number of H-pyrrole nitrogens is 1. The molecule has 0 aliphatic heterocycles. The maximum absolute atomic E-state index is 11.9. The third-order valence-corrected chi connectivity index (χ3v) is 4.14. The predicted molar refractivity (Wildman–Crippen MR) is 61.4 cm³/mol. The second kappa shape index (κ2) is 4.37. The van der Waals surface area contributed by atoms with Gasteiger partial charge in [0.15, 0.2) is 0 Å². The first-order valence-corrected chi connectivity index (χ1v) is 6.54. The highest BCUT2D eigenvalue weighted by atomic mass is 31.2. The largest absolute Gasteiger partial charge is 0.341 e. The van der Waals surface area contributed by atoms with Crippen molar-refractivity contribution in [3.63, 3.8) is 0 Å². The molecule has 0 saturated heterocycles. The van der Waals surface area contributed by atoms with Gasteiger partial charge >= 0.3 is 7.60 Å². The van der Waals surface area contributed by atoms with Gasteiger partial charge in [0.25, 0.3) is 0 Å². The Labute approximate surface area is 93.3 Å². The summed E-state index contributed by atoms with van der Waals surface area (Å²) in [5.74, 6) is 0.605. The molecule has 86 valence electrons. The lowest BCUT2D eigenvalue weighted by molar-refractivity contribution is 0.274. The van der Waals surface area contributed by atoms with Gasteiger partial charge in [-0.05, 0) is 12.1 Å². The van der Waals surface area contributed by atoms with Crippen molar-refractivity contribution >= 4 is 18.6 Å². The zero-order valence-electron chi connectivity index (χ0n) is 9.14. The van der Waals surface area contributed by atoms with Crippen LogP contribution in [0.15, 0.2) is 24.3 Å².